The van der Waals surface area contributed by atoms with Gasteiger partial charge in [0.05, 0.1) is 0 Å². The van der Waals surface area contributed by atoms with Crippen LogP contribution in [0.2, 0.25) is 0 Å². The molecule has 0 N–H and O–H groups in total. The van der Waals surface area contributed by atoms with E-state index in [9.17, 15) is 0 Å². The molecule has 0 radical (unpaired) electrons. The molecule has 2 rings (SSSR count). The van der Waals surface area contributed by atoms with Crippen molar-refractivity contribution in [2.75, 3.05) is 0 Å². The summed E-state index contributed by atoms with van der Waals surface area (Å²) in [5.74, 6) is 0. The zero-order chi connectivity index (χ0) is 9.64. The van der Waals surface area contributed by atoms with Crippen molar-refractivity contribution in [3.63, 3.8) is 0 Å². The summed E-state index contributed by atoms with van der Waals surface area (Å²) >= 11 is 0.774. The average Bonchev–Trinajstić information content (AvgIpc) is 2.29. The standard InChI is InChI=1S/C12H10As2/c1-3-7-11(8-4-1)13-14-12-9-5-2-6-10-12/h1-10H. The predicted molar refractivity (Wildman–Crippen MR) is 63.7 cm³/mol. The van der Waals surface area contributed by atoms with E-state index in [0.29, 0.717) is 26.3 Å². The van der Waals surface area contributed by atoms with Crippen LogP contribution in [0, 0.1) is 0 Å². The third-order valence-electron chi connectivity index (χ3n) is 1.79. The first-order chi connectivity index (χ1) is 6.95. The minimum absolute atomic E-state index is 0.387. The van der Waals surface area contributed by atoms with Gasteiger partial charge >= 0.3 is 95.6 Å². The summed E-state index contributed by atoms with van der Waals surface area (Å²) in [4.78, 5) is 0. The van der Waals surface area contributed by atoms with Gasteiger partial charge in [0.2, 0.25) is 0 Å². The third kappa shape index (κ3) is 3.05. The number of benzene rings is 2. The predicted octanol–water partition coefficient (Wildman–Crippen LogP) is 0.961. The molecule has 0 aliphatic heterocycles. The van der Waals surface area contributed by atoms with E-state index in [2.05, 4.69) is 60.7 Å². The molecule has 2 aromatic rings. The number of rotatable bonds is 2. The zero-order valence-electron chi connectivity index (χ0n) is 7.67. The van der Waals surface area contributed by atoms with Crippen LogP contribution in [0.1, 0.15) is 0 Å². The van der Waals surface area contributed by atoms with Crippen molar-refractivity contribution in [3.8, 4) is 0 Å². The van der Waals surface area contributed by atoms with Gasteiger partial charge in [-0.2, -0.15) is 0 Å². The van der Waals surface area contributed by atoms with Gasteiger partial charge in [-0.15, -0.1) is 0 Å². The van der Waals surface area contributed by atoms with E-state index in [0.717, 1.165) is 0 Å². The van der Waals surface area contributed by atoms with Gasteiger partial charge in [0.1, 0.15) is 0 Å². The van der Waals surface area contributed by atoms with Gasteiger partial charge in [0.15, 0.2) is 0 Å². The molecule has 0 fully saturated rings. The molecule has 0 saturated heterocycles. The molecular formula is C12H10As2. The Morgan fingerprint density at radius 1 is 0.500 bits per heavy atom. The molecule has 14 heavy (non-hydrogen) atoms. The Kier molecular flexibility index (Phi) is 3.92. The van der Waals surface area contributed by atoms with Gasteiger partial charge in [-0.25, -0.2) is 0 Å². The van der Waals surface area contributed by atoms with Crippen molar-refractivity contribution in [2.24, 2.45) is 0 Å². The van der Waals surface area contributed by atoms with Crippen LogP contribution < -0.4 is 8.70 Å². The summed E-state index contributed by atoms with van der Waals surface area (Å²) in [6, 6.07) is 21.7. The van der Waals surface area contributed by atoms with Crippen molar-refractivity contribution in [3.05, 3.63) is 60.7 Å². The summed E-state index contributed by atoms with van der Waals surface area (Å²) in [5, 5.41) is 0. The summed E-state index contributed by atoms with van der Waals surface area (Å²) in [7, 11) is 0. The Bertz CT molecular complexity index is 365. The summed E-state index contributed by atoms with van der Waals surface area (Å²) < 4.78 is 3.10. The van der Waals surface area contributed by atoms with Crippen molar-refractivity contribution >= 4 is 35.0 Å². The normalized spacial score (nSPS) is 10.6. The van der Waals surface area contributed by atoms with Crippen LogP contribution in [0.4, 0.5) is 0 Å². The van der Waals surface area contributed by atoms with Gasteiger partial charge < -0.3 is 0 Å². The second-order valence-corrected chi connectivity index (χ2v) is 10.2. The quantitative estimate of drug-likeness (QED) is 0.725. The molecule has 0 aliphatic carbocycles. The van der Waals surface area contributed by atoms with Crippen molar-refractivity contribution < 1.29 is 0 Å². The Labute approximate surface area is 95.3 Å². The molecule has 0 aliphatic rings. The van der Waals surface area contributed by atoms with Gasteiger partial charge in [-0.05, 0) is 0 Å². The molecule has 68 valence electrons. The molecule has 0 bridgehead atoms. The van der Waals surface area contributed by atoms with Gasteiger partial charge in [-0.3, -0.25) is 0 Å². The maximum absolute atomic E-state index is 2.25. The fourth-order valence-corrected chi connectivity index (χ4v) is 8.30. The molecule has 0 saturated carbocycles. The van der Waals surface area contributed by atoms with Gasteiger partial charge in [-0.1, -0.05) is 0 Å². The fraction of sp³-hybridized carbons (Fsp3) is 0. The molecule has 0 heterocycles. The first kappa shape index (κ1) is 10.1. The molecule has 0 nitrogen and oxygen atoms in total. The van der Waals surface area contributed by atoms with Crippen molar-refractivity contribution in [1.82, 2.24) is 0 Å². The van der Waals surface area contributed by atoms with E-state index < -0.39 is 0 Å². The van der Waals surface area contributed by atoms with E-state index in [1.165, 1.54) is 0 Å². The van der Waals surface area contributed by atoms with E-state index in [1.54, 1.807) is 8.70 Å². The number of hydrogen-bond acceptors (Lipinski definition) is 0. The topological polar surface area (TPSA) is 0 Å². The van der Waals surface area contributed by atoms with Gasteiger partial charge in [0, 0.05) is 0 Å². The molecule has 0 atom stereocenters. The van der Waals surface area contributed by atoms with Gasteiger partial charge in [0.25, 0.3) is 0 Å². The van der Waals surface area contributed by atoms with Crippen molar-refractivity contribution in [1.29, 1.82) is 0 Å². The fourth-order valence-electron chi connectivity index (χ4n) is 1.10. The first-order valence-corrected chi connectivity index (χ1v) is 11.5. The van der Waals surface area contributed by atoms with Crippen molar-refractivity contribution in [2.45, 2.75) is 0 Å². The molecule has 2 aromatic carbocycles. The Morgan fingerprint density at radius 2 is 0.857 bits per heavy atom. The van der Waals surface area contributed by atoms with E-state index in [1.807, 2.05) is 0 Å². The second-order valence-electron chi connectivity index (χ2n) is 2.87. The molecule has 0 aromatic heterocycles. The summed E-state index contributed by atoms with van der Waals surface area (Å²) in [6.07, 6.45) is 0. The van der Waals surface area contributed by atoms with E-state index in [4.69, 9.17) is 0 Å². The summed E-state index contributed by atoms with van der Waals surface area (Å²) in [5.41, 5.74) is 0. The molecule has 0 amide bonds. The van der Waals surface area contributed by atoms with Crippen LogP contribution in [0.3, 0.4) is 0 Å². The summed E-state index contributed by atoms with van der Waals surface area (Å²) in [6.45, 7) is 0. The SMILES string of the molecule is c1ccc([As]=[As]c2ccccc2)cc1. The van der Waals surface area contributed by atoms with Crippen LogP contribution in [-0.2, 0) is 0 Å². The second kappa shape index (κ2) is 5.44. The van der Waals surface area contributed by atoms with Crippen LogP contribution in [0.25, 0.3) is 0 Å². The molecular weight excluding hydrogens is 294 g/mol. The van der Waals surface area contributed by atoms with Crippen LogP contribution in [-0.4, -0.2) is 26.3 Å². The Morgan fingerprint density at radius 3 is 1.21 bits per heavy atom. The minimum atomic E-state index is 0.387. The van der Waals surface area contributed by atoms with E-state index in [-0.39, 0.29) is 0 Å². The Balaban J connectivity index is 2.16. The average molecular weight is 304 g/mol. The molecule has 0 unspecified atom stereocenters. The zero-order valence-corrected chi connectivity index (χ0v) is 11.4. The van der Waals surface area contributed by atoms with Crippen LogP contribution >= 0.6 is 0 Å². The molecule has 2 heteroatoms. The maximum atomic E-state index is 2.25. The van der Waals surface area contributed by atoms with Crippen LogP contribution in [0.15, 0.2) is 60.7 Å². The third-order valence-corrected chi connectivity index (χ3v) is 10.3. The number of hydrogen-bond donors (Lipinski definition) is 0. The van der Waals surface area contributed by atoms with Crippen LogP contribution in [0.5, 0.6) is 0 Å². The van der Waals surface area contributed by atoms with E-state index >= 15 is 0 Å². The monoisotopic (exact) mass is 304 g/mol. The first-order valence-electron chi connectivity index (χ1n) is 4.47. The molecule has 0 spiro atoms. The Hall–Kier alpha value is -0.443.